The Bertz CT molecular complexity index is 1470. The summed E-state index contributed by atoms with van der Waals surface area (Å²) in [6, 6.07) is 3.70. The molecule has 2 aromatic rings. The summed E-state index contributed by atoms with van der Waals surface area (Å²) in [5.74, 6) is -4.34. The highest BCUT2D eigenvalue weighted by atomic mass is 19.4. The van der Waals surface area contributed by atoms with Gasteiger partial charge in [0.15, 0.2) is 5.96 Å². The normalized spacial score (nSPS) is 13.0. The molecule has 0 spiro atoms. The molecule has 268 valence electrons. The number of rotatable bonds is 16. The fourth-order valence-corrected chi connectivity index (χ4v) is 4.32. The zero-order valence-electron chi connectivity index (χ0n) is 27.0. The van der Waals surface area contributed by atoms with Gasteiger partial charge in [-0.25, -0.2) is 9.59 Å². The number of nitrogens with two attached hydrogens (primary N) is 3. The number of hydrogen-bond acceptors (Lipinski definition) is 9. The molecule has 0 bridgehead atoms. The molecule has 0 aliphatic heterocycles. The Morgan fingerprint density at radius 1 is 0.979 bits per heavy atom. The summed E-state index contributed by atoms with van der Waals surface area (Å²) < 4.78 is 37.0. The van der Waals surface area contributed by atoms with Crippen LogP contribution in [0.5, 0.6) is 0 Å². The van der Waals surface area contributed by atoms with E-state index in [4.69, 9.17) is 36.9 Å². The van der Waals surface area contributed by atoms with Gasteiger partial charge in [-0.3, -0.25) is 19.8 Å². The van der Waals surface area contributed by atoms with E-state index in [1.807, 2.05) is 13.8 Å². The standard InChI is InChI=1S/C28H44N8O5.C2HF3O2/c1-16(2)13-22(36-25(38)20(30)7-4-5-11-29)27(40)35-21(8-6-12-33-28(31)32)26(39)34-18-9-10-19-17(3)14-24(37)41-23(19)15-18;3-2(4,5)1(6)7/h9-10,14-16,20-22H,4-8,11-13,29-30H2,1-3H3,(H,34,39)(H,35,40)(H,36,38)(H4,31,32,33);(H,6,7)/t20-,21-,22-;/m0./s1. The molecule has 3 atom stereocenters. The molecule has 1 aromatic carbocycles. The van der Waals surface area contributed by atoms with Crippen LogP contribution >= 0.6 is 0 Å². The van der Waals surface area contributed by atoms with Crippen LogP contribution in [-0.2, 0) is 19.2 Å². The largest absolute Gasteiger partial charge is 0.490 e. The highest BCUT2D eigenvalue weighted by Crippen LogP contribution is 2.21. The van der Waals surface area contributed by atoms with Crippen molar-refractivity contribution in [1.29, 1.82) is 5.41 Å². The minimum absolute atomic E-state index is 0.0715. The van der Waals surface area contributed by atoms with Crippen molar-refractivity contribution in [3.8, 4) is 0 Å². The molecule has 0 unspecified atom stereocenters. The van der Waals surface area contributed by atoms with Gasteiger partial charge < -0.3 is 48.0 Å². The minimum Gasteiger partial charge on any atom is -0.475 e. The van der Waals surface area contributed by atoms with Crippen LogP contribution in [-0.4, -0.2) is 72.1 Å². The maximum absolute atomic E-state index is 13.4. The Balaban J connectivity index is 0.00000148. The van der Waals surface area contributed by atoms with Crippen LogP contribution in [0.4, 0.5) is 18.9 Å². The first-order chi connectivity index (χ1) is 22.3. The summed E-state index contributed by atoms with van der Waals surface area (Å²) in [5.41, 5.74) is 17.8. The van der Waals surface area contributed by atoms with E-state index in [0.29, 0.717) is 50.0 Å². The first-order valence-electron chi connectivity index (χ1n) is 15.1. The number of halogens is 3. The lowest BCUT2D eigenvalue weighted by Crippen LogP contribution is -2.55. The second kappa shape index (κ2) is 19.8. The molecule has 0 fully saturated rings. The number of anilines is 1. The van der Waals surface area contributed by atoms with Gasteiger partial charge in [0.05, 0.1) is 6.04 Å². The number of carbonyl (C=O) groups is 4. The van der Waals surface area contributed by atoms with Crippen molar-refractivity contribution in [3.63, 3.8) is 0 Å². The number of fused-ring (bicyclic) bond motifs is 1. The predicted molar refractivity (Wildman–Crippen MR) is 173 cm³/mol. The molecule has 0 aliphatic rings. The van der Waals surface area contributed by atoms with Gasteiger partial charge in [-0.1, -0.05) is 20.3 Å². The number of carbonyl (C=O) groups excluding carboxylic acids is 3. The van der Waals surface area contributed by atoms with Crippen molar-refractivity contribution in [2.24, 2.45) is 23.1 Å². The molecule has 18 heteroatoms. The number of nitrogens with one attached hydrogen (secondary N) is 5. The lowest BCUT2D eigenvalue weighted by molar-refractivity contribution is -0.192. The van der Waals surface area contributed by atoms with Gasteiger partial charge in [-0.2, -0.15) is 13.2 Å². The Kier molecular flexibility index (Phi) is 17.1. The van der Waals surface area contributed by atoms with E-state index < -0.39 is 53.6 Å². The fourth-order valence-electron chi connectivity index (χ4n) is 4.32. The number of guanidine groups is 1. The van der Waals surface area contributed by atoms with E-state index in [-0.39, 0.29) is 18.3 Å². The molecule has 2 rings (SSSR count). The molecule has 15 nitrogen and oxygen atoms in total. The number of carboxylic acids is 1. The number of hydrogen-bond donors (Lipinski definition) is 9. The summed E-state index contributed by atoms with van der Waals surface area (Å²) in [6.45, 7) is 6.46. The van der Waals surface area contributed by atoms with E-state index in [0.717, 1.165) is 17.4 Å². The lowest BCUT2D eigenvalue weighted by Gasteiger charge is -2.25. The molecular formula is C30H45F3N8O7. The van der Waals surface area contributed by atoms with Crippen molar-refractivity contribution < 1.29 is 41.9 Å². The van der Waals surface area contributed by atoms with Gasteiger partial charge >= 0.3 is 17.8 Å². The molecule has 48 heavy (non-hydrogen) atoms. The predicted octanol–water partition coefficient (Wildman–Crippen LogP) is 1.41. The molecule has 0 aliphatic carbocycles. The average molecular weight is 687 g/mol. The van der Waals surface area contributed by atoms with E-state index in [1.165, 1.54) is 6.07 Å². The third kappa shape index (κ3) is 15.3. The smallest absolute Gasteiger partial charge is 0.475 e. The summed E-state index contributed by atoms with van der Waals surface area (Å²) in [6.07, 6.45) is -2.22. The van der Waals surface area contributed by atoms with E-state index in [1.54, 1.807) is 25.1 Å². The SMILES string of the molecule is Cc1cc(=O)oc2cc(NC(=O)[C@H](CCCNC(=N)N)NC(=O)[C@H](CC(C)C)NC(=O)[C@@H](N)CCCCN)ccc12.O=C(O)C(F)(F)F. The van der Waals surface area contributed by atoms with Gasteiger partial charge in [0.2, 0.25) is 17.7 Å². The van der Waals surface area contributed by atoms with Crippen LogP contribution < -0.4 is 44.1 Å². The van der Waals surface area contributed by atoms with Gasteiger partial charge in [0.25, 0.3) is 0 Å². The summed E-state index contributed by atoms with van der Waals surface area (Å²) >= 11 is 0. The summed E-state index contributed by atoms with van der Waals surface area (Å²) in [7, 11) is 0. The minimum atomic E-state index is -5.08. The van der Waals surface area contributed by atoms with Crippen molar-refractivity contribution in [2.45, 2.75) is 83.6 Å². The van der Waals surface area contributed by atoms with E-state index >= 15 is 0 Å². The highest BCUT2D eigenvalue weighted by Gasteiger charge is 2.38. The Hall–Kier alpha value is -4.71. The third-order valence-electron chi connectivity index (χ3n) is 6.73. The van der Waals surface area contributed by atoms with Gasteiger partial charge in [0.1, 0.15) is 17.7 Å². The molecule has 12 N–H and O–H groups in total. The van der Waals surface area contributed by atoms with Gasteiger partial charge in [-0.15, -0.1) is 0 Å². The Morgan fingerprint density at radius 3 is 2.17 bits per heavy atom. The second-order valence-electron chi connectivity index (χ2n) is 11.4. The van der Waals surface area contributed by atoms with Crippen LogP contribution in [0.25, 0.3) is 11.0 Å². The van der Waals surface area contributed by atoms with Crippen LogP contribution in [0, 0.1) is 18.3 Å². The number of alkyl halides is 3. The van der Waals surface area contributed by atoms with Crippen molar-refractivity contribution in [3.05, 3.63) is 40.2 Å². The Labute approximate surface area is 275 Å². The van der Waals surface area contributed by atoms with Crippen LogP contribution in [0.15, 0.2) is 33.5 Å². The maximum Gasteiger partial charge on any atom is 0.490 e. The molecule has 1 heterocycles. The van der Waals surface area contributed by atoms with E-state index in [9.17, 15) is 32.3 Å². The average Bonchev–Trinajstić information content (AvgIpc) is 2.97. The summed E-state index contributed by atoms with van der Waals surface area (Å²) in [4.78, 5) is 60.2. The first kappa shape index (κ1) is 41.3. The molecule has 0 saturated carbocycles. The quantitative estimate of drug-likeness (QED) is 0.0527. The zero-order chi connectivity index (χ0) is 36.6. The molecular weight excluding hydrogens is 641 g/mol. The second-order valence-corrected chi connectivity index (χ2v) is 11.4. The fraction of sp³-hybridized carbons (Fsp3) is 0.533. The van der Waals surface area contributed by atoms with Crippen molar-refractivity contribution >= 4 is 46.3 Å². The van der Waals surface area contributed by atoms with Crippen LogP contribution in [0.1, 0.15) is 57.9 Å². The van der Waals surface area contributed by atoms with Crippen molar-refractivity contribution in [2.75, 3.05) is 18.4 Å². The maximum atomic E-state index is 13.4. The number of carboxylic acid groups (broad SMARTS) is 1. The molecule has 3 amide bonds. The third-order valence-corrected chi connectivity index (χ3v) is 6.73. The highest BCUT2D eigenvalue weighted by molar-refractivity contribution is 5.99. The number of aliphatic carboxylic acids is 1. The zero-order valence-corrected chi connectivity index (χ0v) is 27.0. The molecule has 0 radical (unpaired) electrons. The van der Waals surface area contributed by atoms with Gasteiger partial charge in [-0.05, 0) is 69.2 Å². The summed E-state index contributed by atoms with van der Waals surface area (Å²) in [5, 5.41) is 26.2. The number of benzene rings is 1. The van der Waals surface area contributed by atoms with Crippen LogP contribution in [0.3, 0.4) is 0 Å². The van der Waals surface area contributed by atoms with Crippen molar-refractivity contribution in [1.82, 2.24) is 16.0 Å². The lowest BCUT2D eigenvalue weighted by atomic mass is 10.0. The van der Waals surface area contributed by atoms with Gasteiger partial charge in [0, 0.05) is 29.8 Å². The first-order valence-corrected chi connectivity index (χ1v) is 15.1. The monoisotopic (exact) mass is 686 g/mol. The van der Waals surface area contributed by atoms with Crippen LogP contribution in [0.2, 0.25) is 0 Å². The van der Waals surface area contributed by atoms with E-state index in [2.05, 4.69) is 21.3 Å². The Morgan fingerprint density at radius 2 is 1.60 bits per heavy atom. The number of unbranched alkanes of at least 4 members (excludes halogenated alkanes) is 1. The number of amides is 3. The topological polar surface area (TPSA) is 269 Å². The number of aryl methyl sites for hydroxylation is 1. The molecule has 0 saturated heterocycles. The molecule has 1 aromatic heterocycles.